The molecule has 1 aromatic heterocycles. The van der Waals surface area contributed by atoms with Crippen LogP contribution in [0.3, 0.4) is 0 Å². The van der Waals surface area contributed by atoms with Crippen molar-refractivity contribution in [1.82, 2.24) is 19.6 Å². The Balaban J connectivity index is 1.29. The zero-order valence-electron chi connectivity index (χ0n) is 21.5. The van der Waals surface area contributed by atoms with Gasteiger partial charge in [-0.1, -0.05) is 29.8 Å². The van der Waals surface area contributed by atoms with Gasteiger partial charge in [-0.05, 0) is 36.8 Å². The Hall–Kier alpha value is -3.58. The minimum absolute atomic E-state index is 0.364. The molecule has 3 aromatic rings. The lowest BCUT2D eigenvalue weighted by Crippen LogP contribution is -2.49. The molecule has 1 unspecified atom stereocenters. The van der Waals surface area contributed by atoms with Crippen molar-refractivity contribution in [3.05, 3.63) is 69.9 Å². The number of hydrogen-bond donors (Lipinski definition) is 2. The van der Waals surface area contributed by atoms with Gasteiger partial charge >= 0.3 is 6.03 Å². The van der Waals surface area contributed by atoms with Crippen LogP contribution >= 0.6 is 11.6 Å². The number of piperazine rings is 1. The number of carbonyl (C=O) groups is 1. The molecule has 0 radical (unpaired) electrons. The first-order valence-corrected chi connectivity index (χ1v) is 13.3. The summed E-state index contributed by atoms with van der Waals surface area (Å²) in [5, 5.41) is 26.1. The molecular weight excluding hydrogens is 502 g/mol. The van der Waals surface area contributed by atoms with Gasteiger partial charge < -0.3 is 20.6 Å². The Labute approximate surface area is 227 Å². The highest BCUT2D eigenvalue weighted by Gasteiger charge is 2.29. The fourth-order valence-corrected chi connectivity index (χ4v) is 5.54. The number of halogens is 1. The number of urea groups is 1. The lowest BCUT2D eigenvalue weighted by Gasteiger charge is -2.37. The summed E-state index contributed by atoms with van der Waals surface area (Å²) in [6, 6.07) is 15.3. The molecule has 2 aliphatic rings. The van der Waals surface area contributed by atoms with Gasteiger partial charge in [-0.25, -0.2) is 4.79 Å². The molecule has 10 heteroatoms. The highest BCUT2D eigenvalue weighted by molar-refractivity contribution is 6.31. The van der Waals surface area contributed by atoms with E-state index < -0.39 is 12.1 Å². The molecule has 198 valence electrons. The van der Waals surface area contributed by atoms with Crippen LogP contribution < -0.4 is 10.6 Å². The summed E-state index contributed by atoms with van der Waals surface area (Å²) < 4.78 is 1.90. The normalized spacial score (nSPS) is 16.7. The van der Waals surface area contributed by atoms with Gasteiger partial charge in [0.2, 0.25) is 0 Å². The Bertz CT molecular complexity index is 1370. The van der Waals surface area contributed by atoms with Crippen LogP contribution in [0.2, 0.25) is 5.02 Å². The SMILES string of the molecule is Cc1cc(-c2nn(CC(O)CN3CCN(c4ccccc4C#N)CC3)c3c2CN(C(N)=O)CC3)ccc1Cl. The van der Waals surface area contributed by atoms with Gasteiger partial charge in [0, 0.05) is 67.5 Å². The van der Waals surface area contributed by atoms with E-state index in [0.717, 1.165) is 59.9 Å². The molecule has 3 N–H and O–H groups in total. The number of anilines is 1. The quantitative estimate of drug-likeness (QED) is 0.503. The van der Waals surface area contributed by atoms with E-state index in [4.69, 9.17) is 22.4 Å². The van der Waals surface area contributed by atoms with Gasteiger partial charge in [-0.3, -0.25) is 9.58 Å². The van der Waals surface area contributed by atoms with E-state index in [2.05, 4.69) is 15.9 Å². The fourth-order valence-electron chi connectivity index (χ4n) is 5.42. The zero-order chi connectivity index (χ0) is 26.8. The second-order valence-electron chi connectivity index (χ2n) is 10.0. The third-order valence-electron chi connectivity index (χ3n) is 7.47. The number of amides is 2. The highest BCUT2D eigenvalue weighted by atomic mass is 35.5. The molecule has 1 fully saturated rings. The van der Waals surface area contributed by atoms with Crippen LogP contribution in [0, 0.1) is 18.3 Å². The number of carbonyl (C=O) groups excluding carboxylic acids is 1. The van der Waals surface area contributed by atoms with Gasteiger partial charge in [0.25, 0.3) is 0 Å². The number of aryl methyl sites for hydroxylation is 1. The number of nitrogens with two attached hydrogens (primary N) is 1. The standard InChI is InChI=1S/C28H32ClN7O2/c1-19-14-20(6-7-24(19)29)27-23-18-35(28(31)38)9-8-26(23)36(32-27)17-22(37)16-33-10-12-34(13-11-33)25-5-3-2-4-21(25)15-30/h2-7,14,22,37H,8-13,16-18H2,1H3,(H2,31,38). The predicted octanol–water partition coefficient (Wildman–Crippen LogP) is 3.00. The Morgan fingerprint density at radius 2 is 1.92 bits per heavy atom. The first kappa shape index (κ1) is 26.0. The molecule has 3 heterocycles. The first-order chi connectivity index (χ1) is 18.3. The van der Waals surface area contributed by atoms with Crippen molar-refractivity contribution in [1.29, 1.82) is 5.26 Å². The Kier molecular flexibility index (Phi) is 7.56. The largest absolute Gasteiger partial charge is 0.390 e. The number of nitriles is 1. The number of hydrogen-bond acceptors (Lipinski definition) is 6. The molecule has 0 bridgehead atoms. The summed E-state index contributed by atoms with van der Waals surface area (Å²) in [6.07, 6.45) is 0.0209. The molecule has 9 nitrogen and oxygen atoms in total. The molecule has 1 atom stereocenters. The zero-order valence-corrected chi connectivity index (χ0v) is 22.2. The first-order valence-electron chi connectivity index (χ1n) is 12.9. The predicted molar refractivity (Wildman–Crippen MR) is 147 cm³/mol. The molecule has 1 saturated heterocycles. The maximum atomic E-state index is 11.9. The van der Waals surface area contributed by atoms with Crippen LogP contribution in [-0.4, -0.2) is 76.1 Å². The number of rotatable bonds is 6. The lowest BCUT2D eigenvalue weighted by molar-refractivity contribution is 0.0910. The van der Waals surface area contributed by atoms with Crippen LogP contribution in [0.4, 0.5) is 10.5 Å². The lowest BCUT2D eigenvalue weighted by atomic mass is 10.00. The average molecular weight is 534 g/mol. The summed E-state index contributed by atoms with van der Waals surface area (Å²) in [4.78, 5) is 18.0. The maximum absolute atomic E-state index is 11.9. The van der Waals surface area contributed by atoms with Gasteiger partial charge in [-0.2, -0.15) is 10.4 Å². The molecule has 0 aliphatic carbocycles. The van der Waals surface area contributed by atoms with Crippen molar-refractivity contribution < 1.29 is 9.90 Å². The second-order valence-corrected chi connectivity index (χ2v) is 10.4. The van der Waals surface area contributed by atoms with Crippen LogP contribution in [0.25, 0.3) is 11.3 Å². The molecule has 2 aromatic carbocycles. The number of aliphatic hydroxyl groups is 1. The van der Waals surface area contributed by atoms with E-state index >= 15 is 0 Å². The van der Waals surface area contributed by atoms with Crippen LogP contribution in [0.1, 0.15) is 22.4 Å². The smallest absolute Gasteiger partial charge is 0.315 e. The van der Waals surface area contributed by atoms with Crippen molar-refractivity contribution in [3.8, 4) is 17.3 Å². The number of para-hydroxylation sites is 1. The second kappa shape index (κ2) is 11.0. The maximum Gasteiger partial charge on any atom is 0.315 e. The topological polar surface area (TPSA) is 115 Å². The number of benzene rings is 2. The summed E-state index contributed by atoms with van der Waals surface area (Å²) in [5.41, 5.74) is 11.9. The minimum Gasteiger partial charge on any atom is -0.390 e. The molecule has 0 saturated carbocycles. The number of primary amides is 1. The molecule has 0 spiro atoms. The number of aromatic nitrogens is 2. The van der Waals surface area contributed by atoms with Gasteiger partial charge in [0.05, 0.1) is 36.1 Å². The van der Waals surface area contributed by atoms with E-state index in [9.17, 15) is 15.2 Å². The van der Waals surface area contributed by atoms with E-state index in [-0.39, 0.29) is 0 Å². The number of aliphatic hydroxyl groups excluding tert-OH is 1. The summed E-state index contributed by atoms with van der Waals surface area (Å²) in [6.45, 7) is 6.96. The number of fused-ring (bicyclic) bond motifs is 1. The third-order valence-corrected chi connectivity index (χ3v) is 7.89. The van der Waals surface area contributed by atoms with Crippen molar-refractivity contribution >= 4 is 23.3 Å². The molecule has 2 amide bonds. The van der Waals surface area contributed by atoms with E-state index in [1.807, 2.05) is 54.1 Å². The summed E-state index contributed by atoms with van der Waals surface area (Å²) >= 11 is 6.25. The third kappa shape index (κ3) is 5.34. The Morgan fingerprint density at radius 1 is 1.16 bits per heavy atom. The Morgan fingerprint density at radius 3 is 2.63 bits per heavy atom. The van der Waals surface area contributed by atoms with Gasteiger partial charge in [0.15, 0.2) is 0 Å². The van der Waals surface area contributed by atoms with Crippen LogP contribution in [0.5, 0.6) is 0 Å². The summed E-state index contributed by atoms with van der Waals surface area (Å²) in [7, 11) is 0. The van der Waals surface area contributed by atoms with Crippen molar-refractivity contribution in [2.45, 2.75) is 32.5 Å². The number of nitrogens with zero attached hydrogens (tertiary/aromatic N) is 6. The van der Waals surface area contributed by atoms with Gasteiger partial charge in [-0.15, -0.1) is 0 Å². The van der Waals surface area contributed by atoms with Crippen molar-refractivity contribution in [2.75, 3.05) is 44.2 Å². The molecule has 5 rings (SSSR count). The number of β-amino-alcohol motifs (C(OH)–C–C–N with tert-alkyl or cyclic N) is 1. The van der Waals surface area contributed by atoms with Crippen LogP contribution in [-0.2, 0) is 19.5 Å². The van der Waals surface area contributed by atoms with E-state index in [0.29, 0.717) is 43.2 Å². The van der Waals surface area contributed by atoms with Crippen molar-refractivity contribution in [2.24, 2.45) is 5.73 Å². The molecular formula is C28H32ClN7O2. The summed E-state index contributed by atoms with van der Waals surface area (Å²) in [5.74, 6) is 0. The fraction of sp³-hybridized carbons (Fsp3) is 0.393. The van der Waals surface area contributed by atoms with E-state index in [1.54, 1.807) is 4.90 Å². The minimum atomic E-state index is -0.606. The highest BCUT2D eigenvalue weighted by Crippen LogP contribution is 2.32. The monoisotopic (exact) mass is 533 g/mol. The van der Waals surface area contributed by atoms with Crippen LogP contribution in [0.15, 0.2) is 42.5 Å². The van der Waals surface area contributed by atoms with E-state index in [1.165, 1.54) is 0 Å². The van der Waals surface area contributed by atoms with Crippen molar-refractivity contribution in [3.63, 3.8) is 0 Å². The molecule has 2 aliphatic heterocycles. The molecule has 38 heavy (non-hydrogen) atoms. The van der Waals surface area contributed by atoms with Gasteiger partial charge in [0.1, 0.15) is 6.07 Å². The average Bonchev–Trinajstić information content (AvgIpc) is 3.28.